The zero-order chi connectivity index (χ0) is 22.8. The molecule has 0 N–H and O–H groups in total. The van der Waals surface area contributed by atoms with E-state index in [2.05, 4.69) is 38.0 Å². The summed E-state index contributed by atoms with van der Waals surface area (Å²) in [5.41, 5.74) is 1.51. The van der Waals surface area contributed by atoms with Crippen LogP contribution in [-0.4, -0.2) is 24.5 Å². The first-order valence-electron chi connectivity index (χ1n) is 14.2. The van der Waals surface area contributed by atoms with Crippen molar-refractivity contribution >= 4 is 0 Å². The Morgan fingerprint density at radius 3 is 1.48 bits per heavy atom. The predicted octanol–water partition coefficient (Wildman–Crippen LogP) is 10.3. The largest absolute Gasteiger partial charge is 0.303 e. The quantitative estimate of drug-likeness (QED) is 0.0968. The molecule has 0 aliphatic carbocycles. The fourth-order valence-electron chi connectivity index (χ4n) is 4.50. The van der Waals surface area contributed by atoms with E-state index in [4.69, 9.17) is 0 Å². The summed E-state index contributed by atoms with van der Waals surface area (Å²) in [6, 6.07) is 0. The number of hydrogen-bond acceptors (Lipinski definition) is 1. The zero-order valence-corrected chi connectivity index (χ0v) is 21.9. The molecule has 0 radical (unpaired) electrons. The molecular weight excluding hydrogens is 374 g/mol. The molecule has 184 valence electrons. The maximum atomic E-state index is 4.32. The van der Waals surface area contributed by atoms with Crippen molar-refractivity contribution in [2.45, 2.75) is 149 Å². The van der Waals surface area contributed by atoms with Crippen molar-refractivity contribution < 1.29 is 0 Å². The van der Waals surface area contributed by atoms with Crippen LogP contribution in [0.1, 0.15) is 149 Å². The summed E-state index contributed by atoms with van der Waals surface area (Å²) in [7, 11) is 0. The molecule has 0 bridgehead atoms. The van der Waals surface area contributed by atoms with Crippen LogP contribution >= 0.6 is 0 Å². The second-order valence-corrected chi connectivity index (χ2v) is 9.83. The monoisotopic (exact) mass is 433 g/mol. The second-order valence-electron chi connectivity index (χ2n) is 9.83. The lowest BCUT2D eigenvalue weighted by molar-refractivity contribution is 0.260. The first-order valence-corrected chi connectivity index (χ1v) is 14.2. The van der Waals surface area contributed by atoms with Crippen LogP contribution < -0.4 is 0 Å². The van der Waals surface area contributed by atoms with Gasteiger partial charge in [0, 0.05) is 0 Å². The van der Waals surface area contributed by atoms with Crippen molar-refractivity contribution in [2.24, 2.45) is 0 Å². The zero-order valence-electron chi connectivity index (χ0n) is 21.9. The van der Waals surface area contributed by atoms with Crippen LogP contribution in [0.4, 0.5) is 0 Å². The average Bonchev–Trinajstić information content (AvgIpc) is 2.77. The molecule has 0 aromatic heterocycles. The molecule has 1 nitrogen and oxygen atoms in total. The van der Waals surface area contributed by atoms with Gasteiger partial charge in [0.1, 0.15) is 0 Å². The van der Waals surface area contributed by atoms with Crippen LogP contribution in [0.25, 0.3) is 0 Å². The smallest absolute Gasteiger partial charge is 0.00187 e. The molecule has 1 heteroatoms. The molecular formula is C30H59N. The van der Waals surface area contributed by atoms with Gasteiger partial charge in [-0.3, -0.25) is 0 Å². The van der Waals surface area contributed by atoms with Crippen molar-refractivity contribution in [3.05, 3.63) is 24.8 Å². The molecule has 0 aromatic carbocycles. The lowest BCUT2D eigenvalue weighted by Gasteiger charge is -2.21. The van der Waals surface area contributed by atoms with Gasteiger partial charge in [0.25, 0.3) is 0 Å². The summed E-state index contributed by atoms with van der Waals surface area (Å²) in [5, 5.41) is 0. The van der Waals surface area contributed by atoms with Crippen molar-refractivity contribution in [2.75, 3.05) is 19.6 Å². The molecule has 0 saturated heterocycles. The van der Waals surface area contributed by atoms with E-state index in [1.54, 1.807) is 0 Å². The lowest BCUT2D eigenvalue weighted by Crippen LogP contribution is -2.27. The normalized spacial score (nSPS) is 11.3. The fraction of sp³-hybridized carbons (Fsp3) is 0.867. The topological polar surface area (TPSA) is 3.24 Å². The highest BCUT2D eigenvalue weighted by molar-refractivity contribution is 4.93. The molecule has 0 fully saturated rings. The number of allylic oxidation sites excluding steroid dienone is 2. The minimum atomic E-state index is 1.19. The van der Waals surface area contributed by atoms with Crippen LogP contribution in [0.15, 0.2) is 24.8 Å². The third kappa shape index (κ3) is 23.9. The molecule has 0 unspecified atom stereocenters. The third-order valence-corrected chi connectivity index (χ3v) is 6.56. The Bertz CT molecular complexity index is 373. The number of nitrogens with zero attached hydrogens (tertiary/aromatic N) is 1. The molecule has 0 aliphatic heterocycles. The fourth-order valence-corrected chi connectivity index (χ4v) is 4.50. The summed E-state index contributed by atoms with van der Waals surface area (Å²) in [5.74, 6) is 0. The molecule has 0 aromatic rings. The van der Waals surface area contributed by atoms with E-state index in [0.29, 0.717) is 0 Å². The highest BCUT2D eigenvalue weighted by atomic mass is 15.1. The molecule has 0 spiro atoms. The minimum Gasteiger partial charge on any atom is -0.303 e. The van der Waals surface area contributed by atoms with E-state index >= 15 is 0 Å². The van der Waals surface area contributed by atoms with E-state index in [1.165, 1.54) is 160 Å². The van der Waals surface area contributed by atoms with Gasteiger partial charge < -0.3 is 4.90 Å². The van der Waals surface area contributed by atoms with Crippen LogP contribution in [0.2, 0.25) is 0 Å². The third-order valence-electron chi connectivity index (χ3n) is 6.56. The van der Waals surface area contributed by atoms with E-state index in [-0.39, 0.29) is 0 Å². The summed E-state index contributed by atoms with van der Waals surface area (Å²) in [6.07, 6.45) is 30.8. The van der Waals surface area contributed by atoms with Crippen LogP contribution in [0.5, 0.6) is 0 Å². The number of hydrogen-bond donors (Lipinski definition) is 0. The van der Waals surface area contributed by atoms with Gasteiger partial charge in [0.2, 0.25) is 0 Å². The maximum absolute atomic E-state index is 4.32. The number of unbranched alkanes of at least 4 members (excludes halogenated alkanes) is 15. The van der Waals surface area contributed by atoms with Gasteiger partial charge in [0.15, 0.2) is 0 Å². The van der Waals surface area contributed by atoms with Gasteiger partial charge in [-0.2, -0.15) is 0 Å². The first-order chi connectivity index (χ1) is 15.2. The van der Waals surface area contributed by atoms with E-state index in [1.807, 2.05) is 0 Å². The van der Waals surface area contributed by atoms with Gasteiger partial charge >= 0.3 is 0 Å². The number of rotatable bonds is 26. The Kier molecular flexibility index (Phi) is 25.2. The molecule has 0 amide bonds. The average molecular weight is 434 g/mol. The Labute approximate surface area is 198 Å². The summed E-state index contributed by atoms with van der Waals surface area (Å²) < 4.78 is 0. The second kappa shape index (κ2) is 25.7. The lowest BCUT2D eigenvalue weighted by atomic mass is 10.0. The molecule has 31 heavy (non-hydrogen) atoms. The standard InChI is InChI=1S/C30H59N/c1-5-8-10-12-14-17-21-25-30(4)26-22-18-16-20-24-29-31(27-7-3)28-23-19-15-13-11-9-6-2/h6H,2,4-5,7-29H2,1,3H3. The highest BCUT2D eigenvalue weighted by Gasteiger charge is 2.04. The van der Waals surface area contributed by atoms with E-state index < -0.39 is 0 Å². The minimum absolute atomic E-state index is 1.19. The molecule has 0 atom stereocenters. The van der Waals surface area contributed by atoms with Crippen LogP contribution in [0.3, 0.4) is 0 Å². The Morgan fingerprint density at radius 1 is 0.548 bits per heavy atom. The molecule has 0 heterocycles. The summed E-state index contributed by atoms with van der Waals surface area (Å²) >= 11 is 0. The van der Waals surface area contributed by atoms with Crippen LogP contribution in [-0.2, 0) is 0 Å². The predicted molar refractivity (Wildman–Crippen MR) is 144 cm³/mol. The molecule has 0 saturated carbocycles. The summed E-state index contributed by atoms with van der Waals surface area (Å²) in [6.45, 7) is 16.7. The maximum Gasteiger partial charge on any atom is -0.00187 e. The van der Waals surface area contributed by atoms with Crippen molar-refractivity contribution in [1.82, 2.24) is 4.90 Å². The van der Waals surface area contributed by atoms with Crippen molar-refractivity contribution in [3.63, 3.8) is 0 Å². The Hall–Kier alpha value is -0.560. The van der Waals surface area contributed by atoms with Crippen LogP contribution in [0, 0.1) is 0 Å². The van der Waals surface area contributed by atoms with Crippen molar-refractivity contribution in [1.29, 1.82) is 0 Å². The molecule has 0 aliphatic rings. The molecule has 0 rings (SSSR count). The Balaban J connectivity index is 3.49. The first kappa shape index (κ1) is 30.4. The summed E-state index contributed by atoms with van der Waals surface area (Å²) in [4.78, 5) is 2.72. The Morgan fingerprint density at radius 2 is 1.00 bits per heavy atom. The van der Waals surface area contributed by atoms with Gasteiger partial charge in [-0.05, 0) is 77.4 Å². The van der Waals surface area contributed by atoms with Gasteiger partial charge in [-0.1, -0.05) is 109 Å². The van der Waals surface area contributed by atoms with E-state index in [0.717, 1.165) is 0 Å². The highest BCUT2D eigenvalue weighted by Crippen LogP contribution is 2.17. The van der Waals surface area contributed by atoms with Gasteiger partial charge in [0.05, 0.1) is 0 Å². The van der Waals surface area contributed by atoms with Gasteiger partial charge in [-0.25, -0.2) is 0 Å². The van der Waals surface area contributed by atoms with E-state index in [9.17, 15) is 0 Å². The van der Waals surface area contributed by atoms with Gasteiger partial charge in [-0.15, -0.1) is 6.58 Å². The van der Waals surface area contributed by atoms with Crippen molar-refractivity contribution in [3.8, 4) is 0 Å². The SMILES string of the molecule is C=CCCCCCCCN(CCC)CCCCCCCC(=C)CCCCCCCCC.